The van der Waals surface area contributed by atoms with Crippen LogP contribution in [0.3, 0.4) is 0 Å². The largest absolute Gasteiger partial charge is 0.324 e. The second kappa shape index (κ2) is 11.2. The predicted molar refractivity (Wildman–Crippen MR) is 162 cm³/mol. The number of sulfone groups is 1. The summed E-state index contributed by atoms with van der Waals surface area (Å²) < 4.78 is 29.5. The summed E-state index contributed by atoms with van der Waals surface area (Å²) in [5.74, 6) is 0.869. The minimum Gasteiger partial charge on any atom is -0.324 e. The highest BCUT2D eigenvalue weighted by Crippen LogP contribution is 2.29. The van der Waals surface area contributed by atoms with Crippen LogP contribution < -0.4 is 16.2 Å². The quantitative estimate of drug-likeness (QED) is 0.219. The van der Waals surface area contributed by atoms with Crippen LogP contribution in [0, 0.1) is 0 Å². The van der Waals surface area contributed by atoms with E-state index in [0.717, 1.165) is 25.2 Å². The van der Waals surface area contributed by atoms with Crippen LogP contribution >= 0.6 is 11.3 Å². The molecule has 1 unspecified atom stereocenters. The Morgan fingerprint density at radius 1 is 1.20 bits per heavy atom. The molecule has 0 amide bonds. The number of anilines is 2. The first-order chi connectivity index (χ1) is 19.1. The van der Waals surface area contributed by atoms with Gasteiger partial charge in [-0.05, 0) is 75.7 Å². The molecule has 1 aliphatic rings. The Morgan fingerprint density at radius 3 is 2.60 bits per heavy atom. The lowest BCUT2D eigenvalue weighted by Gasteiger charge is -2.14. The normalized spacial score (nSPS) is 15.8. The molecule has 40 heavy (non-hydrogen) atoms. The van der Waals surface area contributed by atoms with Crippen LogP contribution in [-0.4, -0.2) is 58.6 Å². The van der Waals surface area contributed by atoms with Crippen molar-refractivity contribution < 1.29 is 13.0 Å². The van der Waals surface area contributed by atoms with Gasteiger partial charge in [0.2, 0.25) is 5.95 Å². The van der Waals surface area contributed by atoms with E-state index in [4.69, 9.17) is 4.98 Å². The van der Waals surface area contributed by atoms with Gasteiger partial charge in [0.1, 0.15) is 16.6 Å². The van der Waals surface area contributed by atoms with Crippen molar-refractivity contribution in [1.82, 2.24) is 19.9 Å². The summed E-state index contributed by atoms with van der Waals surface area (Å²) in [4.78, 5) is 23.1. The van der Waals surface area contributed by atoms with Gasteiger partial charge in [-0.25, -0.2) is 13.4 Å². The van der Waals surface area contributed by atoms with Gasteiger partial charge in [0.05, 0.1) is 11.8 Å². The molecule has 1 aliphatic heterocycles. The summed E-state index contributed by atoms with van der Waals surface area (Å²) in [6.45, 7) is 13.4. The first-order valence-electron chi connectivity index (χ1n) is 13.4. The molecule has 3 aromatic heterocycles. The SMILES string of the molecule is C=[N+](c1cc2cnc(Nc3ccc(C4CCNC4)cc3)nc2n(Cc2ccsc2S(=O)(=O)C(C)C)c1=O)C(C)C. The minimum atomic E-state index is -3.52. The first-order valence-corrected chi connectivity index (χ1v) is 15.9. The van der Waals surface area contributed by atoms with Crippen molar-refractivity contribution in [2.24, 2.45) is 0 Å². The molecule has 2 N–H and O–H groups in total. The van der Waals surface area contributed by atoms with Gasteiger partial charge in [-0.3, -0.25) is 9.36 Å². The van der Waals surface area contributed by atoms with Crippen molar-refractivity contribution >= 4 is 56.2 Å². The molecule has 0 spiro atoms. The van der Waals surface area contributed by atoms with Gasteiger partial charge < -0.3 is 10.6 Å². The third-order valence-corrected chi connectivity index (χ3v) is 11.1. The lowest BCUT2D eigenvalue weighted by atomic mass is 9.98. The van der Waals surface area contributed by atoms with Gasteiger partial charge in [-0.2, -0.15) is 9.56 Å². The summed E-state index contributed by atoms with van der Waals surface area (Å²) in [5.41, 5.74) is 3.20. The van der Waals surface area contributed by atoms with Gasteiger partial charge in [0, 0.05) is 35.4 Å². The molecule has 1 saturated heterocycles. The summed E-state index contributed by atoms with van der Waals surface area (Å²) in [6.07, 6.45) is 2.81. The highest BCUT2D eigenvalue weighted by molar-refractivity contribution is 7.94. The molecule has 1 atom stereocenters. The number of rotatable bonds is 9. The molecular weight excluding hydrogens is 544 g/mol. The number of thiophene rings is 1. The minimum absolute atomic E-state index is 0.0264. The number of nitrogens with one attached hydrogen (secondary N) is 2. The van der Waals surface area contributed by atoms with E-state index >= 15 is 0 Å². The zero-order chi connectivity index (χ0) is 28.6. The maximum atomic E-state index is 13.8. The fourth-order valence-electron chi connectivity index (χ4n) is 4.81. The van der Waals surface area contributed by atoms with Crippen LogP contribution in [0.2, 0.25) is 0 Å². The average Bonchev–Trinajstić information content (AvgIpc) is 3.63. The standard InChI is InChI=1S/C29H34N6O3S2/c1-18(2)34(5)25-14-23-16-31-29(32-24-8-6-20(7-9-24)21-10-12-30-15-21)33-26(23)35(27(25)36)17-22-11-13-39-28(22)40(37,38)19(3)4/h6-9,11,13-14,16,18-19,21,30H,5,10,12,15,17H2,1-4H3/p+1. The number of pyridine rings is 1. The molecule has 1 fully saturated rings. The van der Waals surface area contributed by atoms with Crippen molar-refractivity contribution in [3.05, 3.63) is 69.5 Å². The summed E-state index contributed by atoms with van der Waals surface area (Å²) >= 11 is 1.17. The second-order valence-corrected chi connectivity index (χ2v) is 14.3. The number of hydrogen-bond donors (Lipinski definition) is 2. The number of hydrogen-bond acceptors (Lipinski definition) is 8. The highest BCUT2D eigenvalue weighted by atomic mass is 32.2. The Balaban J connectivity index is 1.57. The Hall–Kier alpha value is -3.41. The molecule has 0 saturated carbocycles. The van der Waals surface area contributed by atoms with Crippen LogP contribution in [0.5, 0.6) is 0 Å². The van der Waals surface area contributed by atoms with E-state index in [-0.39, 0.29) is 22.4 Å². The molecule has 4 heterocycles. The molecular formula is C29H35N6O3S2+. The van der Waals surface area contributed by atoms with Crippen LogP contribution in [0.4, 0.5) is 17.3 Å². The van der Waals surface area contributed by atoms with Crippen LogP contribution in [-0.2, 0) is 16.4 Å². The van der Waals surface area contributed by atoms with Crippen molar-refractivity contribution in [2.75, 3.05) is 18.4 Å². The molecule has 9 nitrogen and oxygen atoms in total. The molecule has 0 aliphatic carbocycles. The smallest absolute Gasteiger partial charge is 0.324 e. The van der Waals surface area contributed by atoms with E-state index in [0.29, 0.717) is 34.2 Å². The monoisotopic (exact) mass is 579 g/mol. The first kappa shape index (κ1) is 28.1. The van der Waals surface area contributed by atoms with Crippen LogP contribution in [0.25, 0.3) is 11.0 Å². The van der Waals surface area contributed by atoms with Gasteiger partial charge in [-0.15, -0.1) is 11.3 Å². The lowest BCUT2D eigenvalue weighted by Crippen LogP contribution is -2.28. The van der Waals surface area contributed by atoms with Gasteiger partial charge >= 0.3 is 5.56 Å². The highest BCUT2D eigenvalue weighted by Gasteiger charge is 2.27. The van der Waals surface area contributed by atoms with Crippen molar-refractivity contribution in [2.45, 2.75) is 62.1 Å². The third-order valence-electron chi connectivity index (χ3n) is 7.35. The Morgan fingerprint density at radius 2 is 1.95 bits per heavy atom. The fourth-order valence-corrected chi connectivity index (χ4v) is 7.66. The van der Waals surface area contributed by atoms with E-state index in [1.54, 1.807) is 42.1 Å². The molecule has 4 aromatic rings. The third kappa shape index (κ3) is 5.45. The van der Waals surface area contributed by atoms with E-state index in [9.17, 15) is 13.2 Å². The average molecular weight is 580 g/mol. The molecule has 0 radical (unpaired) electrons. The van der Waals surface area contributed by atoms with Gasteiger partial charge in [0.15, 0.2) is 15.9 Å². The topological polar surface area (TPSA) is 109 Å². The summed E-state index contributed by atoms with van der Waals surface area (Å²) in [5, 5.41) is 8.48. The summed E-state index contributed by atoms with van der Waals surface area (Å²) in [7, 11) is -3.52. The maximum absolute atomic E-state index is 13.8. The van der Waals surface area contributed by atoms with E-state index < -0.39 is 15.1 Å². The lowest BCUT2D eigenvalue weighted by molar-refractivity contribution is -0.468. The Labute approximate surface area is 238 Å². The van der Waals surface area contributed by atoms with Crippen molar-refractivity contribution in [1.29, 1.82) is 0 Å². The second-order valence-electron chi connectivity index (χ2n) is 10.7. The number of fused-ring (bicyclic) bond motifs is 1. The number of nitrogens with zero attached hydrogens (tertiary/aromatic N) is 4. The van der Waals surface area contributed by atoms with Crippen LogP contribution in [0.1, 0.15) is 51.2 Å². The molecule has 0 bridgehead atoms. The molecule has 210 valence electrons. The van der Waals surface area contributed by atoms with E-state index in [1.807, 2.05) is 26.0 Å². The zero-order valence-corrected chi connectivity index (χ0v) is 24.8. The zero-order valence-electron chi connectivity index (χ0n) is 23.2. The molecule has 5 rings (SSSR count). The fraction of sp³-hybridized carbons (Fsp3) is 0.379. The van der Waals surface area contributed by atoms with Gasteiger partial charge in [-0.1, -0.05) is 12.1 Å². The molecule has 1 aromatic carbocycles. The van der Waals surface area contributed by atoms with Gasteiger partial charge in [0.25, 0.3) is 5.69 Å². The van der Waals surface area contributed by atoms with E-state index in [1.165, 1.54) is 21.5 Å². The Kier molecular flexibility index (Phi) is 7.89. The Bertz CT molecular complexity index is 1720. The van der Waals surface area contributed by atoms with E-state index in [2.05, 4.69) is 34.5 Å². The predicted octanol–water partition coefficient (Wildman–Crippen LogP) is 4.66. The van der Waals surface area contributed by atoms with Crippen molar-refractivity contribution in [3.63, 3.8) is 0 Å². The summed E-state index contributed by atoms with van der Waals surface area (Å²) in [6, 6.07) is 11.7. The van der Waals surface area contributed by atoms with Crippen LogP contribution in [0.15, 0.2) is 57.0 Å². The maximum Gasteiger partial charge on any atom is 0.324 e. The van der Waals surface area contributed by atoms with Crippen molar-refractivity contribution in [3.8, 4) is 0 Å². The number of aromatic nitrogens is 3. The number of benzene rings is 1. The molecule has 11 heteroatoms.